The second-order valence-electron chi connectivity index (χ2n) is 7.38. The lowest BCUT2D eigenvalue weighted by atomic mass is 9.82. The third-order valence-corrected chi connectivity index (χ3v) is 4.87. The van der Waals surface area contributed by atoms with Crippen LogP contribution in [0.15, 0.2) is 30.6 Å². The molecule has 0 bridgehead atoms. The number of aromatic nitrogens is 2. The van der Waals surface area contributed by atoms with Gasteiger partial charge in [0.05, 0.1) is 5.69 Å². The molecule has 22 heavy (non-hydrogen) atoms. The molecule has 1 unspecified atom stereocenters. The first-order valence-corrected chi connectivity index (χ1v) is 7.65. The lowest BCUT2D eigenvalue weighted by Gasteiger charge is -2.20. The van der Waals surface area contributed by atoms with Crippen LogP contribution in [0, 0.1) is 0 Å². The number of nitrogens with one attached hydrogen (secondary N) is 1. The fraction of sp³-hybridized carbons (Fsp3) is 0.389. The molecular weight excluding hydrogens is 274 g/mol. The molecule has 0 fully saturated rings. The Bertz CT molecular complexity index is 791. The number of fused-ring (bicyclic) bond motifs is 3. The Labute approximate surface area is 130 Å². The molecule has 1 spiro atoms. The lowest BCUT2D eigenvalue weighted by molar-refractivity contribution is -0.120. The van der Waals surface area contributed by atoms with Crippen molar-refractivity contribution in [2.24, 2.45) is 0 Å². The largest absolute Gasteiger partial charge is 0.308 e. The van der Waals surface area contributed by atoms with E-state index < -0.39 is 5.41 Å². The van der Waals surface area contributed by atoms with E-state index in [2.05, 4.69) is 54.3 Å². The van der Waals surface area contributed by atoms with Crippen molar-refractivity contribution in [2.45, 2.75) is 44.4 Å². The highest BCUT2D eigenvalue weighted by Gasteiger charge is 2.52. The van der Waals surface area contributed by atoms with Gasteiger partial charge in [0.25, 0.3) is 0 Å². The molecule has 1 atom stereocenters. The van der Waals surface area contributed by atoms with E-state index in [9.17, 15) is 4.79 Å². The van der Waals surface area contributed by atoms with E-state index in [-0.39, 0.29) is 11.3 Å². The minimum atomic E-state index is -0.567. The number of benzene rings is 1. The SMILES string of the molecule is CC(C)(C)c1ccc2c(c1)CC1(C2)C(=O)Nc2nccnc21. The summed E-state index contributed by atoms with van der Waals surface area (Å²) in [6, 6.07) is 6.61. The summed E-state index contributed by atoms with van der Waals surface area (Å²) in [5.74, 6) is 0.651. The standard InChI is InChI=1S/C18H19N3O/c1-17(2,3)13-5-4-11-9-18(10-12(11)8-13)14-15(21-16(18)22)20-7-6-19-14/h4-8H,9-10H2,1-3H3,(H,20,21,22). The van der Waals surface area contributed by atoms with Crippen molar-refractivity contribution in [3.05, 3.63) is 53.0 Å². The van der Waals surface area contributed by atoms with Gasteiger partial charge in [-0.2, -0.15) is 0 Å². The van der Waals surface area contributed by atoms with Gasteiger partial charge in [0.15, 0.2) is 5.82 Å². The van der Waals surface area contributed by atoms with Crippen LogP contribution in [0.5, 0.6) is 0 Å². The Hall–Kier alpha value is -2.23. The number of amides is 1. The minimum Gasteiger partial charge on any atom is -0.308 e. The number of rotatable bonds is 0. The minimum absolute atomic E-state index is 0.0298. The molecule has 1 aliphatic carbocycles. The number of anilines is 1. The molecule has 4 rings (SSSR count). The summed E-state index contributed by atoms with van der Waals surface area (Å²) in [7, 11) is 0. The molecular formula is C18H19N3O. The summed E-state index contributed by atoms with van der Waals surface area (Å²) >= 11 is 0. The van der Waals surface area contributed by atoms with Gasteiger partial charge in [-0.05, 0) is 34.9 Å². The summed E-state index contributed by atoms with van der Waals surface area (Å²) in [4.78, 5) is 21.3. The predicted octanol–water partition coefficient (Wildman–Crippen LogP) is 2.76. The van der Waals surface area contributed by atoms with Crippen molar-refractivity contribution in [1.29, 1.82) is 0 Å². The predicted molar refractivity (Wildman–Crippen MR) is 84.9 cm³/mol. The van der Waals surface area contributed by atoms with Crippen molar-refractivity contribution < 1.29 is 4.79 Å². The van der Waals surface area contributed by atoms with Gasteiger partial charge in [0, 0.05) is 12.4 Å². The zero-order chi connectivity index (χ0) is 15.5. The Morgan fingerprint density at radius 1 is 1.09 bits per heavy atom. The van der Waals surface area contributed by atoms with Crippen LogP contribution in [0.2, 0.25) is 0 Å². The van der Waals surface area contributed by atoms with Crippen molar-refractivity contribution in [2.75, 3.05) is 5.32 Å². The van der Waals surface area contributed by atoms with E-state index in [4.69, 9.17) is 0 Å². The molecule has 0 saturated heterocycles. The van der Waals surface area contributed by atoms with Crippen molar-refractivity contribution in [3.8, 4) is 0 Å². The van der Waals surface area contributed by atoms with E-state index in [1.165, 1.54) is 16.7 Å². The molecule has 1 amide bonds. The monoisotopic (exact) mass is 293 g/mol. The van der Waals surface area contributed by atoms with Crippen LogP contribution in [0.3, 0.4) is 0 Å². The number of carbonyl (C=O) groups is 1. The molecule has 1 aromatic carbocycles. The lowest BCUT2D eigenvalue weighted by Crippen LogP contribution is -2.35. The Morgan fingerprint density at radius 3 is 2.59 bits per heavy atom. The number of nitrogens with zero attached hydrogens (tertiary/aromatic N) is 2. The van der Waals surface area contributed by atoms with Crippen molar-refractivity contribution in [3.63, 3.8) is 0 Å². The van der Waals surface area contributed by atoms with E-state index in [1.807, 2.05) is 0 Å². The Morgan fingerprint density at radius 2 is 1.82 bits per heavy atom. The zero-order valence-electron chi connectivity index (χ0n) is 13.1. The molecule has 0 radical (unpaired) electrons. The molecule has 2 aromatic rings. The van der Waals surface area contributed by atoms with Crippen molar-refractivity contribution in [1.82, 2.24) is 9.97 Å². The molecule has 2 aliphatic rings. The van der Waals surface area contributed by atoms with Crippen molar-refractivity contribution >= 4 is 11.7 Å². The summed E-state index contributed by atoms with van der Waals surface area (Å²) in [5, 5.41) is 2.90. The summed E-state index contributed by atoms with van der Waals surface area (Å²) < 4.78 is 0. The van der Waals surface area contributed by atoms with Crippen LogP contribution in [0.1, 0.15) is 43.2 Å². The van der Waals surface area contributed by atoms with Crippen LogP contribution in [-0.4, -0.2) is 15.9 Å². The van der Waals surface area contributed by atoms with E-state index in [0.29, 0.717) is 18.7 Å². The summed E-state index contributed by atoms with van der Waals surface area (Å²) in [6.07, 6.45) is 4.72. The van der Waals surface area contributed by atoms with Crippen LogP contribution in [0.25, 0.3) is 0 Å². The van der Waals surface area contributed by atoms with Gasteiger partial charge in [-0.1, -0.05) is 39.0 Å². The molecule has 112 valence electrons. The molecule has 4 nitrogen and oxygen atoms in total. The third-order valence-electron chi connectivity index (χ3n) is 4.87. The van der Waals surface area contributed by atoms with Gasteiger partial charge in [-0.15, -0.1) is 0 Å². The fourth-order valence-corrected chi connectivity index (χ4v) is 3.58. The highest BCUT2D eigenvalue weighted by Crippen LogP contribution is 2.46. The quantitative estimate of drug-likeness (QED) is 0.812. The van der Waals surface area contributed by atoms with Gasteiger partial charge < -0.3 is 5.32 Å². The smallest absolute Gasteiger partial charge is 0.238 e. The molecule has 1 aliphatic heterocycles. The number of hydrogen-bond acceptors (Lipinski definition) is 3. The second kappa shape index (κ2) is 4.15. The van der Waals surface area contributed by atoms with Crippen LogP contribution >= 0.6 is 0 Å². The zero-order valence-corrected chi connectivity index (χ0v) is 13.1. The fourth-order valence-electron chi connectivity index (χ4n) is 3.58. The van der Waals surface area contributed by atoms with E-state index in [1.54, 1.807) is 12.4 Å². The summed E-state index contributed by atoms with van der Waals surface area (Å²) in [6.45, 7) is 6.63. The molecule has 1 aromatic heterocycles. The average molecular weight is 293 g/mol. The Kier molecular flexibility index (Phi) is 2.54. The normalized spacial score (nSPS) is 22.6. The van der Waals surface area contributed by atoms with E-state index in [0.717, 1.165) is 5.69 Å². The van der Waals surface area contributed by atoms with E-state index >= 15 is 0 Å². The molecule has 1 N–H and O–H groups in total. The maximum absolute atomic E-state index is 12.6. The first-order chi connectivity index (χ1) is 10.4. The Balaban J connectivity index is 1.81. The third kappa shape index (κ3) is 1.73. The maximum atomic E-state index is 12.6. The topological polar surface area (TPSA) is 54.9 Å². The maximum Gasteiger partial charge on any atom is 0.238 e. The average Bonchev–Trinajstić information content (AvgIpc) is 2.97. The first-order valence-electron chi connectivity index (χ1n) is 7.65. The highest BCUT2D eigenvalue weighted by atomic mass is 16.2. The molecule has 2 heterocycles. The molecule has 4 heteroatoms. The second-order valence-corrected chi connectivity index (χ2v) is 7.38. The van der Waals surface area contributed by atoms with Crippen LogP contribution < -0.4 is 5.32 Å². The first kappa shape index (κ1) is 13.4. The van der Waals surface area contributed by atoms with Gasteiger partial charge >= 0.3 is 0 Å². The summed E-state index contributed by atoms with van der Waals surface area (Å²) in [5.41, 5.74) is 4.17. The highest BCUT2D eigenvalue weighted by molar-refractivity contribution is 6.05. The van der Waals surface area contributed by atoms with Gasteiger partial charge in [-0.25, -0.2) is 4.98 Å². The van der Waals surface area contributed by atoms with Crippen LogP contribution in [0.4, 0.5) is 5.82 Å². The van der Waals surface area contributed by atoms with Gasteiger partial charge in [0.2, 0.25) is 5.91 Å². The molecule has 0 saturated carbocycles. The number of carbonyl (C=O) groups excluding carboxylic acids is 1. The van der Waals surface area contributed by atoms with Gasteiger partial charge in [0.1, 0.15) is 5.41 Å². The number of hydrogen-bond donors (Lipinski definition) is 1. The van der Waals surface area contributed by atoms with Crippen LogP contribution in [-0.2, 0) is 28.5 Å². The van der Waals surface area contributed by atoms with Gasteiger partial charge in [-0.3, -0.25) is 9.78 Å².